The van der Waals surface area contributed by atoms with Crippen molar-refractivity contribution < 1.29 is 5.11 Å². The molecule has 0 heterocycles. The average molecular weight is 254 g/mol. The Morgan fingerprint density at radius 2 is 2.06 bits per heavy atom. The highest BCUT2D eigenvalue weighted by molar-refractivity contribution is 7.41. The van der Waals surface area contributed by atoms with E-state index in [1.165, 1.54) is 25.7 Å². The molecule has 1 aliphatic carbocycles. The van der Waals surface area contributed by atoms with Crippen LogP contribution in [0.2, 0.25) is 5.02 Å². The predicted molar refractivity (Wildman–Crippen MR) is 69.5 cm³/mol. The SMILES string of the molecule is Cc1cccc(Cl)c1C([O-])=PC1CCCC1. The van der Waals surface area contributed by atoms with Crippen molar-refractivity contribution in [1.82, 2.24) is 0 Å². The van der Waals surface area contributed by atoms with Crippen molar-refractivity contribution in [1.29, 1.82) is 0 Å². The summed E-state index contributed by atoms with van der Waals surface area (Å²) in [5.41, 5.74) is 2.46. The van der Waals surface area contributed by atoms with Gasteiger partial charge in [0.15, 0.2) is 0 Å². The molecule has 0 saturated heterocycles. The van der Waals surface area contributed by atoms with Gasteiger partial charge < -0.3 is 5.11 Å². The topological polar surface area (TPSA) is 23.1 Å². The largest absolute Gasteiger partial charge is 0.823 e. The van der Waals surface area contributed by atoms with Gasteiger partial charge in [0.1, 0.15) is 0 Å². The van der Waals surface area contributed by atoms with Crippen LogP contribution in [0.5, 0.6) is 0 Å². The molecule has 0 N–H and O–H groups in total. The molecule has 0 atom stereocenters. The maximum atomic E-state index is 12.1. The van der Waals surface area contributed by atoms with Crippen LogP contribution < -0.4 is 5.11 Å². The summed E-state index contributed by atoms with van der Waals surface area (Å²) in [5.74, 6) is 0. The van der Waals surface area contributed by atoms with Crippen LogP contribution >= 0.6 is 19.8 Å². The van der Waals surface area contributed by atoms with Crippen molar-refractivity contribution in [2.75, 3.05) is 0 Å². The summed E-state index contributed by atoms with van der Waals surface area (Å²) >= 11 is 6.08. The van der Waals surface area contributed by atoms with Gasteiger partial charge in [-0.1, -0.05) is 36.6 Å². The second kappa shape index (κ2) is 5.31. The highest BCUT2D eigenvalue weighted by atomic mass is 35.5. The summed E-state index contributed by atoms with van der Waals surface area (Å²) in [5, 5.41) is 12.7. The quantitative estimate of drug-likeness (QED) is 0.741. The number of rotatable bonds is 2. The lowest BCUT2D eigenvalue weighted by Gasteiger charge is -2.18. The molecule has 0 aromatic heterocycles. The van der Waals surface area contributed by atoms with E-state index < -0.39 is 0 Å². The van der Waals surface area contributed by atoms with E-state index in [2.05, 4.69) is 0 Å². The summed E-state index contributed by atoms with van der Waals surface area (Å²) in [4.78, 5) is 0. The molecule has 1 saturated carbocycles. The molecule has 16 heavy (non-hydrogen) atoms. The standard InChI is InChI=1S/C13H16ClOP/c1-9-5-4-8-11(14)12(9)13(15)16-10-6-2-3-7-10/h4-5,8,10,15H,2-3,6-7H2,1H3/p-1. The molecule has 0 amide bonds. The third kappa shape index (κ3) is 2.66. The molecule has 0 aliphatic heterocycles. The predicted octanol–water partition coefficient (Wildman–Crippen LogP) is 3.38. The zero-order valence-electron chi connectivity index (χ0n) is 9.37. The van der Waals surface area contributed by atoms with Crippen LogP contribution in [0.3, 0.4) is 0 Å². The van der Waals surface area contributed by atoms with Crippen LogP contribution in [0.15, 0.2) is 18.2 Å². The molecular weight excluding hydrogens is 239 g/mol. The molecule has 1 aromatic rings. The van der Waals surface area contributed by atoms with Gasteiger partial charge in [-0.15, -0.1) is 13.7 Å². The molecule has 2 rings (SSSR count). The van der Waals surface area contributed by atoms with Crippen LogP contribution in [0.4, 0.5) is 0 Å². The second-order valence-electron chi connectivity index (χ2n) is 4.30. The normalized spacial score (nSPS) is 18.1. The van der Waals surface area contributed by atoms with Gasteiger partial charge in [0.05, 0.1) is 0 Å². The van der Waals surface area contributed by atoms with Gasteiger partial charge in [0, 0.05) is 5.02 Å². The molecule has 1 aromatic carbocycles. The Bertz CT molecular complexity index is 388. The monoisotopic (exact) mass is 253 g/mol. The minimum absolute atomic E-state index is 0.190. The van der Waals surface area contributed by atoms with Gasteiger partial charge in [0.2, 0.25) is 0 Å². The first-order valence-electron chi connectivity index (χ1n) is 5.69. The van der Waals surface area contributed by atoms with Gasteiger partial charge in [-0.05, 0) is 42.6 Å². The Morgan fingerprint density at radius 1 is 1.38 bits per heavy atom. The maximum absolute atomic E-state index is 12.1. The molecule has 1 nitrogen and oxygen atoms in total. The molecule has 0 spiro atoms. The Labute approximate surface area is 103 Å². The van der Waals surface area contributed by atoms with Gasteiger partial charge in [-0.3, -0.25) is 0 Å². The Morgan fingerprint density at radius 3 is 2.69 bits per heavy atom. The zero-order valence-corrected chi connectivity index (χ0v) is 11.0. The maximum Gasteiger partial charge on any atom is 0.0474 e. The lowest BCUT2D eigenvalue weighted by Crippen LogP contribution is -2.19. The third-order valence-electron chi connectivity index (χ3n) is 3.06. The molecule has 1 fully saturated rings. The highest BCUT2D eigenvalue weighted by Crippen LogP contribution is 2.31. The lowest BCUT2D eigenvalue weighted by atomic mass is 10.1. The van der Waals surface area contributed by atoms with Gasteiger partial charge in [-0.2, -0.15) is 0 Å². The Kier molecular flexibility index (Phi) is 4.02. The van der Waals surface area contributed by atoms with Crippen LogP contribution in [0.25, 0.3) is 0 Å². The van der Waals surface area contributed by atoms with E-state index in [-0.39, 0.29) is 5.48 Å². The highest BCUT2D eigenvalue weighted by Gasteiger charge is 2.13. The van der Waals surface area contributed by atoms with Crippen molar-refractivity contribution in [3.63, 3.8) is 0 Å². The average Bonchev–Trinajstić information content (AvgIpc) is 2.70. The first-order valence-corrected chi connectivity index (χ1v) is 7.03. The fourth-order valence-corrected chi connectivity index (χ4v) is 3.92. The number of hydrogen-bond donors (Lipinski definition) is 0. The van der Waals surface area contributed by atoms with Crippen LogP contribution in [0.1, 0.15) is 36.8 Å². The molecule has 0 unspecified atom stereocenters. The summed E-state index contributed by atoms with van der Waals surface area (Å²) in [6.07, 6.45) is 4.92. The van der Waals surface area contributed by atoms with Gasteiger partial charge >= 0.3 is 0 Å². The van der Waals surface area contributed by atoms with E-state index in [0.717, 1.165) is 19.3 Å². The van der Waals surface area contributed by atoms with E-state index in [1.807, 2.05) is 19.1 Å². The first-order chi connectivity index (χ1) is 7.68. The first kappa shape index (κ1) is 12.1. The van der Waals surface area contributed by atoms with E-state index in [1.54, 1.807) is 6.07 Å². The van der Waals surface area contributed by atoms with Crippen molar-refractivity contribution >= 4 is 25.3 Å². The fourth-order valence-electron chi connectivity index (χ4n) is 2.17. The summed E-state index contributed by atoms with van der Waals surface area (Å²) < 4.78 is 0. The number of aryl methyl sites for hydroxylation is 1. The summed E-state index contributed by atoms with van der Waals surface area (Å²) in [6, 6.07) is 5.64. The summed E-state index contributed by atoms with van der Waals surface area (Å²) in [7, 11) is 0.936. The minimum atomic E-state index is 0.190. The van der Waals surface area contributed by atoms with Crippen molar-refractivity contribution in [3.05, 3.63) is 34.3 Å². The molecule has 0 bridgehead atoms. The molecule has 1 aliphatic rings. The van der Waals surface area contributed by atoms with E-state index in [4.69, 9.17) is 11.6 Å². The number of hydrogen-bond acceptors (Lipinski definition) is 1. The van der Waals surface area contributed by atoms with Gasteiger partial charge in [-0.25, -0.2) is 0 Å². The molecule has 3 heteroatoms. The summed E-state index contributed by atoms with van der Waals surface area (Å²) in [6.45, 7) is 1.95. The van der Waals surface area contributed by atoms with Crippen molar-refractivity contribution in [3.8, 4) is 0 Å². The van der Waals surface area contributed by atoms with Gasteiger partial charge in [0.25, 0.3) is 0 Å². The second-order valence-corrected chi connectivity index (χ2v) is 6.11. The van der Waals surface area contributed by atoms with Crippen LogP contribution in [-0.2, 0) is 0 Å². The van der Waals surface area contributed by atoms with Crippen LogP contribution in [0, 0.1) is 6.92 Å². The van der Waals surface area contributed by atoms with Crippen molar-refractivity contribution in [2.45, 2.75) is 38.3 Å². The minimum Gasteiger partial charge on any atom is -0.823 e. The molecule has 86 valence electrons. The van der Waals surface area contributed by atoms with Crippen LogP contribution in [-0.4, -0.2) is 11.1 Å². The molecular formula is C13H15ClOP-. The van der Waals surface area contributed by atoms with E-state index >= 15 is 0 Å². The smallest absolute Gasteiger partial charge is 0.0474 e. The van der Waals surface area contributed by atoms with Crippen molar-refractivity contribution in [2.24, 2.45) is 0 Å². The zero-order chi connectivity index (χ0) is 11.5. The number of halogens is 1. The Balaban J connectivity index is 2.28. The van der Waals surface area contributed by atoms with E-state index in [0.29, 0.717) is 10.7 Å². The fraction of sp³-hybridized carbons (Fsp3) is 0.462. The lowest BCUT2D eigenvalue weighted by molar-refractivity contribution is -0.207. The van der Waals surface area contributed by atoms with E-state index in [9.17, 15) is 5.11 Å². The third-order valence-corrected chi connectivity index (χ3v) is 4.71. The Hall–Kier alpha value is -0.360. The number of benzene rings is 1. The molecule has 0 radical (unpaired) electrons.